The van der Waals surface area contributed by atoms with Crippen LogP contribution in [0.3, 0.4) is 0 Å². The summed E-state index contributed by atoms with van der Waals surface area (Å²) in [4.78, 5) is 3.75. The average Bonchev–Trinajstić information content (AvgIpc) is 2.98. The maximum absolute atomic E-state index is 12.1. The molecule has 2 aromatic heterocycles. The summed E-state index contributed by atoms with van der Waals surface area (Å²) in [6.07, 6.45) is 1.48. The predicted octanol–water partition coefficient (Wildman–Crippen LogP) is -0.886. The second kappa shape index (κ2) is 5.47. The summed E-state index contributed by atoms with van der Waals surface area (Å²) in [5.74, 6) is 0.411. The molecule has 19 heavy (non-hydrogen) atoms. The van der Waals surface area contributed by atoms with Gasteiger partial charge in [0.25, 0.3) is 0 Å². The summed E-state index contributed by atoms with van der Waals surface area (Å²) in [6, 6.07) is 0. The van der Waals surface area contributed by atoms with E-state index in [0.29, 0.717) is 17.9 Å². The van der Waals surface area contributed by atoms with Gasteiger partial charge in [0.05, 0.1) is 12.3 Å². The monoisotopic (exact) mass is 287 g/mol. The lowest BCUT2D eigenvalue weighted by Gasteiger charge is -2.05. The molecule has 0 saturated carbocycles. The number of sulfonamides is 1. The van der Waals surface area contributed by atoms with Crippen molar-refractivity contribution >= 4 is 10.0 Å². The molecule has 0 aliphatic rings. The number of aromatic nitrogens is 4. The van der Waals surface area contributed by atoms with Gasteiger partial charge in [0.1, 0.15) is 10.6 Å². The molecule has 0 aliphatic heterocycles. The largest absolute Gasteiger partial charge is 0.390 e. The van der Waals surface area contributed by atoms with Crippen LogP contribution >= 0.6 is 0 Å². The summed E-state index contributed by atoms with van der Waals surface area (Å²) < 4.78 is 31.1. The van der Waals surface area contributed by atoms with Crippen LogP contribution in [0.1, 0.15) is 17.2 Å². The van der Waals surface area contributed by atoms with Gasteiger partial charge in [0, 0.05) is 13.0 Å². The molecule has 2 rings (SSSR count). The summed E-state index contributed by atoms with van der Waals surface area (Å²) in [5, 5.41) is 18.9. The van der Waals surface area contributed by atoms with Gasteiger partial charge >= 0.3 is 0 Å². The average molecular weight is 287 g/mol. The van der Waals surface area contributed by atoms with Crippen molar-refractivity contribution in [1.82, 2.24) is 25.1 Å². The van der Waals surface area contributed by atoms with Crippen molar-refractivity contribution in [3.05, 3.63) is 23.6 Å². The second-order valence-electron chi connectivity index (χ2n) is 3.78. The van der Waals surface area contributed by atoms with Crippen molar-refractivity contribution in [3.63, 3.8) is 0 Å². The first-order valence-electron chi connectivity index (χ1n) is 5.44. The molecule has 0 aliphatic carbocycles. The molecule has 0 aromatic carbocycles. The minimum atomic E-state index is -3.73. The van der Waals surface area contributed by atoms with Crippen LogP contribution in [0.2, 0.25) is 0 Å². The Hall–Kier alpha value is -1.78. The standard InChI is InChI=1S/C9H13N5O4S/c1-6-9(7(4-15)13-12-6)19(16,17)11-3-2-8-10-5-18-14-8/h5,11,15H,2-4H2,1H3,(H,12,13). The number of aliphatic hydroxyl groups is 1. The molecular formula is C9H13N5O4S. The Bertz CT molecular complexity index is 634. The molecule has 10 heteroatoms. The van der Waals surface area contributed by atoms with Gasteiger partial charge in [-0.05, 0) is 6.92 Å². The highest BCUT2D eigenvalue weighted by Gasteiger charge is 2.23. The molecule has 9 nitrogen and oxygen atoms in total. The molecule has 0 bridgehead atoms. The Morgan fingerprint density at radius 1 is 1.53 bits per heavy atom. The zero-order chi connectivity index (χ0) is 13.9. The fourth-order valence-electron chi connectivity index (χ4n) is 1.61. The summed E-state index contributed by atoms with van der Waals surface area (Å²) >= 11 is 0. The van der Waals surface area contributed by atoms with Gasteiger partial charge in [-0.25, -0.2) is 13.1 Å². The van der Waals surface area contributed by atoms with Crippen LogP contribution in [0.4, 0.5) is 0 Å². The van der Waals surface area contributed by atoms with Gasteiger partial charge < -0.3 is 9.63 Å². The van der Waals surface area contributed by atoms with E-state index in [0.717, 1.165) is 0 Å². The zero-order valence-electron chi connectivity index (χ0n) is 10.1. The number of aliphatic hydroxyl groups excluding tert-OH is 1. The zero-order valence-corrected chi connectivity index (χ0v) is 10.9. The number of aromatic amines is 1. The SMILES string of the molecule is Cc1[nH]nc(CO)c1S(=O)(=O)NCCc1ncon1. The van der Waals surface area contributed by atoms with Gasteiger partial charge in [0.15, 0.2) is 5.82 Å². The van der Waals surface area contributed by atoms with Gasteiger partial charge in [-0.1, -0.05) is 5.16 Å². The third-order valence-electron chi connectivity index (χ3n) is 2.43. The van der Waals surface area contributed by atoms with E-state index < -0.39 is 16.6 Å². The normalized spacial score (nSPS) is 11.9. The first-order chi connectivity index (χ1) is 9.04. The van der Waals surface area contributed by atoms with E-state index in [9.17, 15) is 8.42 Å². The molecule has 0 fully saturated rings. The van der Waals surface area contributed by atoms with E-state index in [1.54, 1.807) is 6.92 Å². The van der Waals surface area contributed by atoms with Gasteiger partial charge in [0.2, 0.25) is 16.4 Å². The van der Waals surface area contributed by atoms with Crippen LogP contribution in [-0.2, 0) is 23.1 Å². The third kappa shape index (κ3) is 2.97. The maximum atomic E-state index is 12.1. The highest BCUT2D eigenvalue weighted by Crippen LogP contribution is 2.17. The van der Waals surface area contributed by atoms with Crippen molar-refractivity contribution in [2.45, 2.75) is 24.8 Å². The van der Waals surface area contributed by atoms with Crippen LogP contribution in [0.5, 0.6) is 0 Å². The molecule has 0 amide bonds. The lowest BCUT2D eigenvalue weighted by atomic mass is 10.4. The number of aryl methyl sites for hydroxylation is 1. The highest BCUT2D eigenvalue weighted by atomic mass is 32.2. The van der Waals surface area contributed by atoms with Crippen molar-refractivity contribution in [2.24, 2.45) is 0 Å². The molecule has 104 valence electrons. The van der Waals surface area contributed by atoms with Crippen LogP contribution in [0, 0.1) is 6.92 Å². The van der Waals surface area contributed by atoms with Gasteiger partial charge in [-0.3, -0.25) is 5.10 Å². The Labute approximate surface area is 109 Å². The summed E-state index contributed by atoms with van der Waals surface area (Å²) in [5.41, 5.74) is 0.459. The smallest absolute Gasteiger partial charge is 0.244 e. The molecule has 0 spiro atoms. The maximum Gasteiger partial charge on any atom is 0.244 e. The van der Waals surface area contributed by atoms with Crippen LogP contribution in [0.25, 0.3) is 0 Å². The number of nitrogens with zero attached hydrogens (tertiary/aromatic N) is 3. The van der Waals surface area contributed by atoms with Gasteiger partial charge in [-0.15, -0.1) is 0 Å². The van der Waals surface area contributed by atoms with Crippen molar-refractivity contribution in [1.29, 1.82) is 0 Å². The minimum absolute atomic E-state index is 0.0249. The quantitative estimate of drug-likeness (QED) is 0.627. The molecule has 0 atom stereocenters. The number of nitrogens with one attached hydrogen (secondary N) is 2. The molecular weight excluding hydrogens is 274 g/mol. The summed E-state index contributed by atoms with van der Waals surface area (Å²) in [6.45, 7) is 1.24. The van der Waals surface area contributed by atoms with E-state index >= 15 is 0 Å². The first kappa shape index (κ1) is 13.6. The molecule has 3 N–H and O–H groups in total. The number of hydrogen-bond donors (Lipinski definition) is 3. The van der Waals surface area contributed by atoms with E-state index in [4.69, 9.17) is 5.11 Å². The number of hydrogen-bond acceptors (Lipinski definition) is 7. The molecule has 0 saturated heterocycles. The van der Waals surface area contributed by atoms with Crippen LogP contribution < -0.4 is 4.72 Å². The third-order valence-corrected chi connectivity index (χ3v) is 4.09. The van der Waals surface area contributed by atoms with Crippen LogP contribution in [0.15, 0.2) is 15.8 Å². The first-order valence-corrected chi connectivity index (χ1v) is 6.92. The molecule has 2 heterocycles. The molecule has 2 aromatic rings. The fraction of sp³-hybridized carbons (Fsp3) is 0.444. The molecule has 0 unspecified atom stereocenters. The van der Waals surface area contributed by atoms with E-state index in [2.05, 4.69) is 29.6 Å². The second-order valence-corrected chi connectivity index (χ2v) is 5.48. The van der Waals surface area contributed by atoms with E-state index in [-0.39, 0.29) is 17.1 Å². The topological polar surface area (TPSA) is 134 Å². The van der Waals surface area contributed by atoms with Gasteiger partial charge in [-0.2, -0.15) is 10.1 Å². The minimum Gasteiger partial charge on any atom is -0.390 e. The summed E-state index contributed by atoms with van der Waals surface area (Å²) in [7, 11) is -3.73. The van der Waals surface area contributed by atoms with Crippen molar-refractivity contribution in [3.8, 4) is 0 Å². The number of rotatable bonds is 6. The Kier molecular flexibility index (Phi) is 3.93. The molecule has 0 radical (unpaired) electrons. The highest BCUT2D eigenvalue weighted by molar-refractivity contribution is 7.89. The van der Waals surface area contributed by atoms with Crippen molar-refractivity contribution in [2.75, 3.05) is 6.54 Å². The Balaban J connectivity index is 2.07. The Morgan fingerprint density at radius 3 is 2.95 bits per heavy atom. The lowest BCUT2D eigenvalue weighted by Crippen LogP contribution is -2.27. The lowest BCUT2D eigenvalue weighted by molar-refractivity contribution is 0.273. The fourth-order valence-corrected chi connectivity index (χ4v) is 2.99. The van der Waals surface area contributed by atoms with E-state index in [1.165, 1.54) is 6.39 Å². The Morgan fingerprint density at radius 2 is 2.32 bits per heavy atom. The van der Waals surface area contributed by atoms with Crippen LogP contribution in [-0.4, -0.2) is 40.4 Å². The predicted molar refractivity (Wildman–Crippen MR) is 62.4 cm³/mol. The number of H-pyrrole nitrogens is 1. The van der Waals surface area contributed by atoms with E-state index in [1.807, 2.05) is 0 Å². The van der Waals surface area contributed by atoms with Crippen molar-refractivity contribution < 1.29 is 18.0 Å².